The number of aryl methyl sites for hydroxylation is 1. The molecule has 1 saturated heterocycles. The third-order valence-corrected chi connectivity index (χ3v) is 2.99. The van der Waals surface area contributed by atoms with E-state index in [1.165, 1.54) is 0 Å². The first kappa shape index (κ1) is 11.1. The number of aliphatic hydroxyl groups excluding tert-OH is 1. The summed E-state index contributed by atoms with van der Waals surface area (Å²) >= 11 is 0. The van der Waals surface area contributed by atoms with Crippen molar-refractivity contribution in [2.45, 2.75) is 13.3 Å². The van der Waals surface area contributed by atoms with E-state index in [0.29, 0.717) is 12.1 Å². The molecule has 0 spiro atoms. The Morgan fingerprint density at radius 1 is 1.62 bits per heavy atom. The molecule has 1 aliphatic heterocycles. The highest BCUT2D eigenvalue weighted by Gasteiger charge is 2.26. The number of likely N-dealkylation sites (tertiary alicyclic amines) is 1. The number of pyridine rings is 1. The fourth-order valence-corrected chi connectivity index (χ4v) is 1.94. The molecule has 0 bridgehead atoms. The molecular weight excluding hydrogens is 204 g/mol. The van der Waals surface area contributed by atoms with Gasteiger partial charge in [-0.2, -0.15) is 0 Å². The van der Waals surface area contributed by atoms with Crippen LogP contribution in [0.1, 0.15) is 22.5 Å². The molecule has 1 aliphatic rings. The van der Waals surface area contributed by atoms with Crippen LogP contribution < -0.4 is 0 Å². The number of hydrogen-bond donors (Lipinski definition) is 1. The molecular formula is C12H16N2O2. The minimum atomic E-state index is 0.0171. The Bertz CT molecular complexity index is 375. The molecule has 0 radical (unpaired) electrons. The van der Waals surface area contributed by atoms with Crippen LogP contribution in [0.2, 0.25) is 0 Å². The number of aromatic nitrogens is 1. The van der Waals surface area contributed by atoms with Gasteiger partial charge in [-0.05, 0) is 25.5 Å². The largest absolute Gasteiger partial charge is 0.396 e. The van der Waals surface area contributed by atoms with Crippen molar-refractivity contribution >= 4 is 5.91 Å². The number of carbonyl (C=O) groups is 1. The van der Waals surface area contributed by atoms with Gasteiger partial charge in [-0.1, -0.05) is 0 Å². The fraction of sp³-hybridized carbons (Fsp3) is 0.500. The van der Waals surface area contributed by atoms with Gasteiger partial charge in [0.1, 0.15) is 0 Å². The van der Waals surface area contributed by atoms with E-state index in [-0.39, 0.29) is 18.4 Å². The van der Waals surface area contributed by atoms with Crippen molar-refractivity contribution in [3.8, 4) is 0 Å². The normalized spacial score (nSPS) is 20.1. The summed E-state index contributed by atoms with van der Waals surface area (Å²) in [5, 5.41) is 9.02. The lowest BCUT2D eigenvalue weighted by Crippen LogP contribution is -2.29. The summed E-state index contributed by atoms with van der Waals surface area (Å²) in [6.45, 7) is 3.45. The predicted octanol–water partition coefficient (Wildman–Crippen LogP) is 0.844. The van der Waals surface area contributed by atoms with E-state index >= 15 is 0 Å². The molecule has 1 N–H and O–H groups in total. The maximum absolute atomic E-state index is 12.0. The molecule has 16 heavy (non-hydrogen) atoms. The highest BCUT2D eigenvalue weighted by atomic mass is 16.3. The maximum Gasteiger partial charge on any atom is 0.255 e. The van der Waals surface area contributed by atoms with E-state index < -0.39 is 0 Å². The number of rotatable bonds is 2. The number of hydrogen-bond acceptors (Lipinski definition) is 3. The van der Waals surface area contributed by atoms with E-state index in [1.54, 1.807) is 17.2 Å². The summed E-state index contributed by atoms with van der Waals surface area (Å²) in [5.41, 5.74) is 1.54. The van der Waals surface area contributed by atoms with Crippen molar-refractivity contribution in [3.05, 3.63) is 29.6 Å². The zero-order valence-electron chi connectivity index (χ0n) is 9.39. The van der Waals surface area contributed by atoms with Gasteiger partial charge in [-0.25, -0.2) is 0 Å². The lowest BCUT2D eigenvalue weighted by atomic mass is 10.1. The molecule has 1 aromatic heterocycles. The van der Waals surface area contributed by atoms with Gasteiger partial charge in [0.05, 0.1) is 5.56 Å². The third kappa shape index (κ3) is 2.22. The van der Waals surface area contributed by atoms with E-state index in [9.17, 15) is 4.79 Å². The zero-order chi connectivity index (χ0) is 11.5. The Morgan fingerprint density at radius 3 is 3.00 bits per heavy atom. The molecule has 4 nitrogen and oxygen atoms in total. The van der Waals surface area contributed by atoms with Gasteiger partial charge in [0.15, 0.2) is 0 Å². The van der Waals surface area contributed by atoms with Gasteiger partial charge < -0.3 is 10.0 Å². The van der Waals surface area contributed by atoms with Crippen molar-refractivity contribution in [3.63, 3.8) is 0 Å². The Morgan fingerprint density at radius 2 is 2.44 bits per heavy atom. The summed E-state index contributed by atoms with van der Waals surface area (Å²) in [6.07, 6.45) is 2.51. The molecule has 1 amide bonds. The summed E-state index contributed by atoms with van der Waals surface area (Å²) in [6, 6.07) is 3.64. The Hall–Kier alpha value is -1.42. The first-order valence-electron chi connectivity index (χ1n) is 5.53. The van der Waals surface area contributed by atoms with Crippen molar-refractivity contribution in [2.75, 3.05) is 19.7 Å². The number of nitrogens with zero attached hydrogens (tertiary/aromatic N) is 2. The predicted molar refractivity (Wildman–Crippen MR) is 60.1 cm³/mol. The second-order valence-corrected chi connectivity index (χ2v) is 4.28. The summed E-state index contributed by atoms with van der Waals surface area (Å²) < 4.78 is 0. The molecule has 1 aromatic rings. The number of carbonyl (C=O) groups excluding carboxylic acids is 1. The molecule has 0 aromatic carbocycles. The van der Waals surface area contributed by atoms with Crippen molar-refractivity contribution in [2.24, 2.45) is 5.92 Å². The van der Waals surface area contributed by atoms with Crippen LogP contribution in [0.25, 0.3) is 0 Å². The Labute approximate surface area is 94.9 Å². The van der Waals surface area contributed by atoms with Gasteiger partial charge in [0, 0.05) is 37.5 Å². The average Bonchev–Trinajstić information content (AvgIpc) is 2.77. The van der Waals surface area contributed by atoms with E-state index in [1.807, 2.05) is 13.0 Å². The fourth-order valence-electron chi connectivity index (χ4n) is 1.94. The van der Waals surface area contributed by atoms with Crippen LogP contribution in [0.3, 0.4) is 0 Å². The van der Waals surface area contributed by atoms with E-state index in [0.717, 1.165) is 18.7 Å². The summed E-state index contributed by atoms with van der Waals surface area (Å²) in [7, 11) is 0. The van der Waals surface area contributed by atoms with Gasteiger partial charge in [0.2, 0.25) is 0 Å². The van der Waals surface area contributed by atoms with Crippen LogP contribution >= 0.6 is 0 Å². The van der Waals surface area contributed by atoms with Crippen LogP contribution in [-0.2, 0) is 0 Å². The Kier molecular flexibility index (Phi) is 3.19. The minimum absolute atomic E-state index is 0.0171. The molecule has 1 atom stereocenters. The lowest BCUT2D eigenvalue weighted by Gasteiger charge is -2.15. The van der Waals surface area contributed by atoms with Crippen LogP contribution in [0, 0.1) is 12.8 Å². The quantitative estimate of drug-likeness (QED) is 0.803. The van der Waals surface area contributed by atoms with Crippen LogP contribution in [0.5, 0.6) is 0 Å². The zero-order valence-corrected chi connectivity index (χ0v) is 9.39. The van der Waals surface area contributed by atoms with E-state index in [4.69, 9.17) is 5.11 Å². The van der Waals surface area contributed by atoms with Gasteiger partial charge in [0.25, 0.3) is 5.91 Å². The molecule has 2 heterocycles. The average molecular weight is 220 g/mol. The lowest BCUT2D eigenvalue weighted by molar-refractivity contribution is 0.0781. The molecule has 86 valence electrons. The second-order valence-electron chi connectivity index (χ2n) is 4.28. The van der Waals surface area contributed by atoms with Crippen LogP contribution in [-0.4, -0.2) is 40.6 Å². The second kappa shape index (κ2) is 4.61. The molecule has 1 unspecified atom stereocenters. The first-order valence-corrected chi connectivity index (χ1v) is 5.53. The third-order valence-electron chi connectivity index (χ3n) is 2.99. The molecule has 4 heteroatoms. The molecule has 1 fully saturated rings. The number of amides is 1. The minimum Gasteiger partial charge on any atom is -0.396 e. The maximum atomic E-state index is 12.0. The standard InChI is InChI=1S/C12H16N2O2/c1-9-2-3-11(6-13-9)12(16)14-5-4-10(7-14)8-15/h2-3,6,10,15H,4-5,7-8H2,1H3. The highest BCUT2D eigenvalue weighted by molar-refractivity contribution is 5.94. The van der Waals surface area contributed by atoms with Crippen LogP contribution in [0.15, 0.2) is 18.3 Å². The van der Waals surface area contributed by atoms with Crippen molar-refractivity contribution in [1.82, 2.24) is 9.88 Å². The smallest absolute Gasteiger partial charge is 0.255 e. The summed E-state index contributed by atoms with van der Waals surface area (Å²) in [5.74, 6) is 0.255. The van der Waals surface area contributed by atoms with Gasteiger partial charge in [-0.15, -0.1) is 0 Å². The molecule has 0 saturated carbocycles. The van der Waals surface area contributed by atoms with Gasteiger partial charge >= 0.3 is 0 Å². The molecule has 2 rings (SSSR count). The molecule has 0 aliphatic carbocycles. The number of aliphatic hydroxyl groups is 1. The van der Waals surface area contributed by atoms with Gasteiger partial charge in [-0.3, -0.25) is 9.78 Å². The van der Waals surface area contributed by atoms with Crippen molar-refractivity contribution in [1.29, 1.82) is 0 Å². The van der Waals surface area contributed by atoms with Crippen LogP contribution in [0.4, 0.5) is 0 Å². The highest BCUT2D eigenvalue weighted by Crippen LogP contribution is 2.17. The monoisotopic (exact) mass is 220 g/mol. The topological polar surface area (TPSA) is 53.4 Å². The first-order chi connectivity index (χ1) is 7.70. The summed E-state index contributed by atoms with van der Waals surface area (Å²) in [4.78, 5) is 17.9. The van der Waals surface area contributed by atoms with Crippen molar-refractivity contribution < 1.29 is 9.90 Å². The SMILES string of the molecule is Cc1ccc(C(=O)N2CCC(CO)C2)cn1. The Balaban J connectivity index is 2.05. The van der Waals surface area contributed by atoms with E-state index in [2.05, 4.69) is 4.98 Å².